The van der Waals surface area contributed by atoms with E-state index in [-0.39, 0.29) is 5.38 Å². The van der Waals surface area contributed by atoms with E-state index in [1.807, 2.05) is 6.92 Å². The number of hydrogen-bond acceptors (Lipinski definition) is 2. The maximum absolute atomic E-state index is 6.31. The van der Waals surface area contributed by atoms with E-state index in [0.29, 0.717) is 5.92 Å². The smallest absolute Gasteiger partial charge is 0.127 e. The molecule has 1 aromatic heterocycles. The number of halogens is 1. The number of benzene rings is 1. The maximum atomic E-state index is 6.31. The van der Waals surface area contributed by atoms with Gasteiger partial charge in [-0.25, -0.2) is 4.98 Å². The number of aromatic nitrogens is 2. The normalized spacial score (nSPS) is 20.6. The topological polar surface area (TPSA) is 27.1 Å². The van der Waals surface area contributed by atoms with Crippen molar-refractivity contribution in [1.29, 1.82) is 0 Å². The first-order valence-electron chi connectivity index (χ1n) is 7.34. The highest BCUT2D eigenvalue weighted by molar-refractivity contribution is 6.20. The van der Waals surface area contributed by atoms with Crippen molar-refractivity contribution in [2.75, 3.05) is 13.2 Å². The summed E-state index contributed by atoms with van der Waals surface area (Å²) >= 11 is 6.31. The van der Waals surface area contributed by atoms with Crippen molar-refractivity contribution in [2.24, 2.45) is 5.92 Å². The fourth-order valence-electron chi connectivity index (χ4n) is 2.92. The Labute approximate surface area is 124 Å². The van der Waals surface area contributed by atoms with Gasteiger partial charge < -0.3 is 9.30 Å². The average Bonchev–Trinajstić information content (AvgIpc) is 3.02. The van der Waals surface area contributed by atoms with Crippen LogP contribution in [0.5, 0.6) is 0 Å². The van der Waals surface area contributed by atoms with Crippen LogP contribution in [0.1, 0.15) is 36.5 Å². The largest absolute Gasteiger partial charge is 0.381 e. The van der Waals surface area contributed by atoms with Crippen LogP contribution in [0.2, 0.25) is 0 Å². The van der Waals surface area contributed by atoms with Crippen LogP contribution < -0.4 is 0 Å². The Morgan fingerprint density at radius 2 is 2.35 bits per heavy atom. The number of hydrogen-bond donors (Lipinski definition) is 0. The number of alkyl halides is 1. The van der Waals surface area contributed by atoms with E-state index in [1.165, 1.54) is 17.5 Å². The lowest BCUT2D eigenvalue weighted by Crippen LogP contribution is -2.09. The highest BCUT2D eigenvalue weighted by atomic mass is 35.5. The lowest BCUT2D eigenvalue weighted by atomic mass is 10.1. The van der Waals surface area contributed by atoms with Crippen molar-refractivity contribution in [3.05, 3.63) is 29.6 Å². The van der Waals surface area contributed by atoms with Crippen LogP contribution in [0.4, 0.5) is 0 Å². The number of imidazole rings is 1. The fraction of sp³-hybridized carbons (Fsp3) is 0.562. The Hall–Kier alpha value is -1.06. The molecule has 0 saturated carbocycles. The van der Waals surface area contributed by atoms with Gasteiger partial charge in [-0.15, -0.1) is 11.6 Å². The second kappa shape index (κ2) is 5.74. The molecule has 3 rings (SSSR count). The number of ether oxygens (including phenoxy) is 1. The molecule has 0 amide bonds. The molecule has 0 bridgehead atoms. The van der Waals surface area contributed by atoms with Gasteiger partial charge in [-0.2, -0.15) is 0 Å². The van der Waals surface area contributed by atoms with Gasteiger partial charge in [-0.1, -0.05) is 6.07 Å². The maximum Gasteiger partial charge on any atom is 0.127 e. The van der Waals surface area contributed by atoms with Crippen LogP contribution in [0, 0.1) is 12.8 Å². The van der Waals surface area contributed by atoms with E-state index in [9.17, 15) is 0 Å². The summed E-state index contributed by atoms with van der Waals surface area (Å²) in [5, 5.41) is -0.0671. The van der Waals surface area contributed by atoms with Gasteiger partial charge in [0.05, 0.1) is 16.4 Å². The van der Waals surface area contributed by atoms with Crippen molar-refractivity contribution in [1.82, 2.24) is 9.55 Å². The Morgan fingerprint density at radius 3 is 3.05 bits per heavy atom. The number of rotatable bonds is 4. The molecule has 2 unspecified atom stereocenters. The molecule has 4 heteroatoms. The molecule has 0 N–H and O–H groups in total. The molecule has 1 saturated heterocycles. The molecule has 1 fully saturated rings. The zero-order chi connectivity index (χ0) is 14.1. The molecule has 108 valence electrons. The standard InChI is InChI=1S/C16H21ClN2O/c1-11-3-4-15-14(9-11)18-16(12(2)17)19(15)7-5-13-6-8-20-10-13/h3-4,9,12-13H,5-8,10H2,1-2H3. The minimum Gasteiger partial charge on any atom is -0.381 e. The van der Waals surface area contributed by atoms with Crippen LogP contribution in [0.3, 0.4) is 0 Å². The highest BCUT2D eigenvalue weighted by Gasteiger charge is 2.19. The quantitative estimate of drug-likeness (QED) is 0.794. The predicted octanol–water partition coefficient (Wildman–Crippen LogP) is 4.07. The van der Waals surface area contributed by atoms with Gasteiger partial charge in [-0.3, -0.25) is 0 Å². The van der Waals surface area contributed by atoms with Gasteiger partial charge in [-0.05, 0) is 50.3 Å². The van der Waals surface area contributed by atoms with Crippen molar-refractivity contribution < 1.29 is 4.74 Å². The third kappa shape index (κ3) is 2.70. The van der Waals surface area contributed by atoms with E-state index < -0.39 is 0 Å². The van der Waals surface area contributed by atoms with Crippen LogP contribution >= 0.6 is 11.6 Å². The van der Waals surface area contributed by atoms with E-state index in [1.54, 1.807) is 0 Å². The molecule has 2 aromatic rings. The summed E-state index contributed by atoms with van der Waals surface area (Å²) in [7, 11) is 0. The summed E-state index contributed by atoms with van der Waals surface area (Å²) < 4.78 is 7.74. The summed E-state index contributed by atoms with van der Waals surface area (Å²) in [6.07, 6.45) is 2.31. The SMILES string of the molecule is Cc1ccc2c(c1)nc(C(C)Cl)n2CCC1CCOC1. The molecule has 0 spiro atoms. The van der Waals surface area contributed by atoms with Gasteiger partial charge in [0.25, 0.3) is 0 Å². The molecule has 2 heterocycles. The van der Waals surface area contributed by atoms with Crippen LogP contribution in [-0.4, -0.2) is 22.8 Å². The molecular formula is C16H21ClN2O. The number of aryl methyl sites for hydroxylation is 2. The van der Waals surface area contributed by atoms with E-state index in [0.717, 1.165) is 37.5 Å². The van der Waals surface area contributed by atoms with Gasteiger partial charge in [0.1, 0.15) is 5.82 Å². The molecule has 20 heavy (non-hydrogen) atoms. The monoisotopic (exact) mass is 292 g/mol. The van der Waals surface area contributed by atoms with E-state index >= 15 is 0 Å². The van der Waals surface area contributed by atoms with E-state index in [2.05, 4.69) is 29.7 Å². The van der Waals surface area contributed by atoms with Crippen molar-refractivity contribution >= 4 is 22.6 Å². The molecule has 0 radical (unpaired) electrons. The van der Waals surface area contributed by atoms with Gasteiger partial charge in [0, 0.05) is 19.8 Å². The fourth-order valence-corrected chi connectivity index (χ4v) is 3.09. The first-order valence-corrected chi connectivity index (χ1v) is 7.77. The minimum atomic E-state index is -0.0671. The minimum absolute atomic E-state index is 0.0671. The molecule has 1 aliphatic rings. The molecule has 0 aliphatic carbocycles. The zero-order valence-corrected chi connectivity index (χ0v) is 12.9. The first kappa shape index (κ1) is 13.9. The molecule has 1 aromatic carbocycles. The third-order valence-electron chi connectivity index (χ3n) is 4.07. The predicted molar refractivity (Wildman–Crippen MR) is 82.3 cm³/mol. The Kier molecular flexibility index (Phi) is 3.99. The van der Waals surface area contributed by atoms with Gasteiger partial charge >= 0.3 is 0 Å². The van der Waals surface area contributed by atoms with Crippen LogP contribution in [-0.2, 0) is 11.3 Å². The highest BCUT2D eigenvalue weighted by Crippen LogP contribution is 2.27. The second-order valence-electron chi connectivity index (χ2n) is 5.75. The molecule has 1 aliphatic heterocycles. The lowest BCUT2D eigenvalue weighted by Gasteiger charge is -2.13. The van der Waals surface area contributed by atoms with Crippen LogP contribution in [0.15, 0.2) is 18.2 Å². The third-order valence-corrected chi connectivity index (χ3v) is 4.27. The first-order chi connectivity index (χ1) is 9.65. The Balaban J connectivity index is 1.91. The Bertz CT molecular complexity index is 600. The summed E-state index contributed by atoms with van der Waals surface area (Å²) in [5.74, 6) is 1.66. The van der Waals surface area contributed by atoms with Gasteiger partial charge in [0.2, 0.25) is 0 Å². The second-order valence-corrected chi connectivity index (χ2v) is 6.40. The number of fused-ring (bicyclic) bond motifs is 1. The van der Waals surface area contributed by atoms with E-state index in [4.69, 9.17) is 21.3 Å². The average molecular weight is 293 g/mol. The number of nitrogens with zero attached hydrogens (tertiary/aromatic N) is 2. The molecular weight excluding hydrogens is 272 g/mol. The summed E-state index contributed by atoms with van der Waals surface area (Å²) in [6.45, 7) is 6.87. The summed E-state index contributed by atoms with van der Waals surface area (Å²) in [4.78, 5) is 4.72. The van der Waals surface area contributed by atoms with Crippen molar-refractivity contribution in [3.8, 4) is 0 Å². The zero-order valence-electron chi connectivity index (χ0n) is 12.1. The van der Waals surface area contributed by atoms with Crippen molar-refractivity contribution in [3.63, 3.8) is 0 Å². The van der Waals surface area contributed by atoms with Crippen LogP contribution in [0.25, 0.3) is 11.0 Å². The summed E-state index contributed by atoms with van der Waals surface area (Å²) in [5.41, 5.74) is 3.48. The van der Waals surface area contributed by atoms with Crippen molar-refractivity contribution in [2.45, 2.75) is 38.6 Å². The lowest BCUT2D eigenvalue weighted by molar-refractivity contribution is 0.183. The molecule has 3 nitrogen and oxygen atoms in total. The van der Waals surface area contributed by atoms with Gasteiger partial charge in [0.15, 0.2) is 0 Å². The Morgan fingerprint density at radius 1 is 1.50 bits per heavy atom. The summed E-state index contributed by atoms with van der Waals surface area (Å²) in [6, 6.07) is 6.43. The molecule has 2 atom stereocenters.